The third kappa shape index (κ3) is 4.21. The van der Waals surface area contributed by atoms with Crippen molar-refractivity contribution in [1.29, 1.82) is 0 Å². The molecule has 0 saturated carbocycles. The first kappa shape index (κ1) is 18.8. The van der Waals surface area contributed by atoms with Gasteiger partial charge in [0.1, 0.15) is 13.1 Å². The number of hydrogen-bond acceptors (Lipinski definition) is 4. The molecule has 1 N–H and O–H groups in total. The van der Waals surface area contributed by atoms with E-state index in [0.717, 1.165) is 31.6 Å². The number of rotatable bonds is 5. The van der Waals surface area contributed by atoms with Gasteiger partial charge in [-0.2, -0.15) is 17.9 Å². The Morgan fingerprint density at radius 1 is 1.23 bits per heavy atom. The van der Waals surface area contributed by atoms with E-state index < -0.39 is 11.7 Å². The van der Waals surface area contributed by atoms with Crippen molar-refractivity contribution in [3.63, 3.8) is 0 Å². The van der Waals surface area contributed by atoms with E-state index in [0.29, 0.717) is 30.6 Å². The van der Waals surface area contributed by atoms with Crippen molar-refractivity contribution >= 4 is 0 Å². The lowest BCUT2D eigenvalue weighted by atomic mass is 10.0. The summed E-state index contributed by atoms with van der Waals surface area (Å²) in [7, 11) is 0. The van der Waals surface area contributed by atoms with Crippen molar-refractivity contribution in [2.45, 2.75) is 32.5 Å². The Labute approximate surface area is 149 Å². The molecule has 0 amide bonds. The van der Waals surface area contributed by atoms with Crippen LogP contribution >= 0.6 is 0 Å². The quantitative estimate of drug-likeness (QED) is 0.870. The highest BCUT2D eigenvalue weighted by molar-refractivity contribution is 5.36. The number of tetrazole rings is 1. The predicted molar refractivity (Wildman–Crippen MR) is 87.9 cm³/mol. The molecule has 142 valence electrons. The smallest absolute Gasteiger partial charge is 0.370 e. The fourth-order valence-electron chi connectivity index (χ4n) is 3.32. The number of nitrogens with one attached hydrogen (secondary N) is 1. The summed E-state index contributed by atoms with van der Waals surface area (Å²) < 4.78 is 46.0. The number of quaternary nitrogens is 1. The molecule has 0 bridgehead atoms. The first-order chi connectivity index (χ1) is 12.4. The van der Waals surface area contributed by atoms with Crippen LogP contribution in [0.5, 0.6) is 0 Å². The molecule has 3 rings (SSSR count). The molecule has 0 radical (unpaired) electrons. The zero-order valence-corrected chi connectivity index (χ0v) is 14.8. The summed E-state index contributed by atoms with van der Waals surface area (Å²) in [4.78, 5) is 1.30. The first-order valence-electron chi connectivity index (χ1n) is 8.74. The van der Waals surface area contributed by atoms with Crippen molar-refractivity contribution < 1.29 is 22.8 Å². The van der Waals surface area contributed by atoms with E-state index in [9.17, 15) is 13.2 Å². The number of morpholine rings is 1. The summed E-state index contributed by atoms with van der Waals surface area (Å²) in [6, 6.07) is 5.11. The molecule has 1 atom stereocenters. The van der Waals surface area contributed by atoms with Gasteiger partial charge in [0.15, 0.2) is 6.04 Å². The third-order valence-corrected chi connectivity index (χ3v) is 4.56. The minimum Gasteiger partial charge on any atom is -0.370 e. The van der Waals surface area contributed by atoms with Crippen LogP contribution in [0.4, 0.5) is 13.2 Å². The maximum Gasteiger partial charge on any atom is 0.416 e. The molecule has 1 aliphatic heterocycles. The van der Waals surface area contributed by atoms with Crippen LogP contribution in [0.15, 0.2) is 24.3 Å². The second kappa shape index (κ2) is 7.71. The SMILES string of the molecule is CC(C)C[C@H](c1nnnn1-c1cccc(C(F)(F)F)c1)[NH+]1CCOCC1. The molecule has 1 aromatic heterocycles. The molecule has 9 heteroatoms. The van der Waals surface area contributed by atoms with Gasteiger partial charge in [0.05, 0.1) is 24.5 Å². The largest absolute Gasteiger partial charge is 0.416 e. The van der Waals surface area contributed by atoms with Crippen LogP contribution in [0.25, 0.3) is 5.69 Å². The van der Waals surface area contributed by atoms with Gasteiger partial charge in [-0.05, 0) is 34.5 Å². The van der Waals surface area contributed by atoms with E-state index in [1.807, 2.05) is 0 Å². The van der Waals surface area contributed by atoms with Crippen LogP contribution in [-0.2, 0) is 10.9 Å². The standard InChI is InChI=1S/C17H22F3N5O/c1-12(2)10-15(24-6-8-26-9-7-24)16-21-22-23-25(16)14-5-3-4-13(11-14)17(18,19)20/h3-5,11-12,15H,6-10H2,1-2H3/p+1/t15-/m1/s1. The molecule has 26 heavy (non-hydrogen) atoms. The lowest BCUT2D eigenvalue weighted by Crippen LogP contribution is -3.14. The van der Waals surface area contributed by atoms with E-state index >= 15 is 0 Å². The topological polar surface area (TPSA) is 57.3 Å². The lowest BCUT2D eigenvalue weighted by Gasteiger charge is -2.31. The highest BCUT2D eigenvalue weighted by Gasteiger charge is 2.34. The number of halogens is 3. The third-order valence-electron chi connectivity index (χ3n) is 4.56. The average Bonchev–Trinajstić information content (AvgIpc) is 3.09. The zero-order chi connectivity index (χ0) is 18.7. The minimum absolute atomic E-state index is 0.00319. The maximum absolute atomic E-state index is 13.1. The van der Waals surface area contributed by atoms with Crippen LogP contribution in [-0.4, -0.2) is 46.5 Å². The predicted octanol–water partition coefficient (Wildman–Crippen LogP) is 1.68. The van der Waals surface area contributed by atoms with Crippen molar-refractivity contribution in [2.75, 3.05) is 26.3 Å². The summed E-state index contributed by atoms with van der Waals surface area (Å²) in [5.41, 5.74) is -0.392. The molecule has 0 spiro atoms. The van der Waals surface area contributed by atoms with E-state index in [2.05, 4.69) is 29.4 Å². The second-order valence-electron chi connectivity index (χ2n) is 6.95. The Hall–Kier alpha value is -2.00. The van der Waals surface area contributed by atoms with E-state index in [1.54, 1.807) is 6.07 Å². The maximum atomic E-state index is 13.1. The summed E-state index contributed by atoms with van der Waals surface area (Å²) >= 11 is 0. The molecule has 2 aromatic rings. The molecule has 6 nitrogen and oxygen atoms in total. The van der Waals surface area contributed by atoms with Crippen molar-refractivity contribution in [2.24, 2.45) is 5.92 Å². The average molecular weight is 370 g/mol. The van der Waals surface area contributed by atoms with Crippen molar-refractivity contribution in [3.05, 3.63) is 35.7 Å². The normalized spacial score (nSPS) is 17.6. The van der Waals surface area contributed by atoms with Gasteiger partial charge in [-0.25, -0.2) is 0 Å². The molecule has 1 fully saturated rings. The molecular formula is C17H23F3N5O+. The molecular weight excluding hydrogens is 347 g/mol. The van der Waals surface area contributed by atoms with Crippen LogP contribution in [0, 0.1) is 5.92 Å². The Kier molecular flexibility index (Phi) is 5.57. The van der Waals surface area contributed by atoms with Crippen LogP contribution in [0.2, 0.25) is 0 Å². The molecule has 1 saturated heterocycles. The van der Waals surface area contributed by atoms with Gasteiger partial charge in [-0.3, -0.25) is 0 Å². The number of hydrogen-bond donors (Lipinski definition) is 1. The minimum atomic E-state index is -4.41. The van der Waals surface area contributed by atoms with Gasteiger partial charge in [-0.1, -0.05) is 19.9 Å². The molecule has 0 unspecified atom stereocenters. The molecule has 1 aromatic carbocycles. The fraction of sp³-hybridized carbons (Fsp3) is 0.588. The van der Waals surface area contributed by atoms with Gasteiger partial charge in [0.2, 0.25) is 5.82 Å². The highest BCUT2D eigenvalue weighted by atomic mass is 19.4. The first-order valence-corrected chi connectivity index (χ1v) is 8.74. The Morgan fingerprint density at radius 3 is 2.62 bits per heavy atom. The van der Waals surface area contributed by atoms with E-state index in [1.165, 1.54) is 15.6 Å². The lowest BCUT2D eigenvalue weighted by molar-refractivity contribution is -0.940. The van der Waals surface area contributed by atoms with Gasteiger partial charge >= 0.3 is 6.18 Å². The number of nitrogens with zero attached hydrogens (tertiary/aromatic N) is 4. The number of alkyl halides is 3. The summed E-state index contributed by atoms with van der Waals surface area (Å²) in [6.07, 6.45) is -3.56. The number of ether oxygens (including phenoxy) is 1. The Morgan fingerprint density at radius 2 is 1.96 bits per heavy atom. The fourth-order valence-corrected chi connectivity index (χ4v) is 3.32. The Balaban J connectivity index is 1.97. The van der Waals surface area contributed by atoms with Crippen LogP contribution < -0.4 is 4.90 Å². The van der Waals surface area contributed by atoms with Crippen LogP contribution in [0.1, 0.15) is 37.7 Å². The van der Waals surface area contributed by atoms with Crippen molar-refractivity contribution in [3.8, 4) is 5.69 Å². The summed E-state index contributed by atoms with van der Waals surface area (Å²) in [5, 5.41) is 11.9. The molecule has 1 aliphatic rings. The zero-order valence-electron chi connectivity index (χ0n) is 14.8. The van der Waals surface area contributed by atoms with E-state index in [4.69, 9.17) is 4.74 Å². The van der Waals surface area contributed by atoms with Gasteiger partial charge in [0.25, 0.3) is 0 Å². The second-order valence-corrected chi connectivity index (χ2v) is 6.95. The highest BCUT2D eigenvalue weighted by Crippen LogP contribution is 2.30. The van der Waals surface area contributed by atoms with Crippen molar-refractivity contribution in [1.82, 2.24) is 20.2 Å². The summed E-state index contributed by atoms with van der Waals surface area (Å²) in [5.74, 6) is 0.997. The van der Waals surface area contributed by atoms with Gasteiger partial charge in [-0.15, -0.1) is 5.10 Å². The molecule has 0 aliphatic carbocycles. The molecule has 2 heterocycles. The van der Waals surface area contributed by atoms with Gasteiger partial charge < -0.3 is 9.64 Å². The number of benzene rings is 1. The number of aromatic nitrogens is 4. The van der Waals surface area contributed by atoms with Crippen LogP contribution in [0.3, 0.4) is 0 Å². The monoisotopic (exact) mass is 370 g/mol. The van der Waals surface area contributed by atoms with Gasteiger partial charge in [0, 0.05) is 6.42 Å². The summed E-state index contributed by atoms with van der Waals surface area (Å²) in [6.45, 7) is 7.21. The van der Waals surface area contributed by atoms with E-state index in [-0.39, 0.29) is 6.04 Å². The Bertz CT molecular complexity index is 725.